The van der Waals surface area contributed by atoms with Gasteiger partial charge in [-0.3, -0.25) is 9.59 Å². The molecule has 4 aliphatic rings. The molecule has 4 aliphatic heterocycles. The highest BCUT2D eigenvalue weighted by Crippen LogP contribution is 2.46. The summed E-state index contributed by atoms with van der Waals surface area (Å²) in [6, 6.07) is 16.5. The second-order valence-electron chi connectivity index (χ2n) is 13.3. The average Bonchev–Trinajstić information content (AvgIpc) is 3.17. The first kappa shape index (κ1) is 32.5. The molecule has 236 valence electrons. The van der Waals surface area contributed by atoms with Crippen LogP contribution in [0.3, 0.4) is 0 Å². The molecule has 4 heterocycles. The Balaban J connectivity index is 0.000000238. The van der Waals surface area contributed by atoms with Crippen molar-refractivity contribution in [2.45, 2.75) is 88.6 Å². The number of hydrogen-bond acceptors (Lipinski definition) is 5. The van der Waals surface area contributed by atoms with Gasteiger partial charge in [0.25, 0.3) is 0 Å². The van der Waals surface area contributed by atoms with Crippen LogP contribution < -0.4 is 15.5 Å². The van der Waals surface area contributed by atoms with E-state index in [1.165, 1.54) is 11.1 Å². The Morgan fingerprint density at radius 3 is 2.09 bits per heavy atom. The van der Waals surface area contributed by atoms with Crippen LogP contribution in [0.4, 0.5) is 16.2 Å². The minimum Gasteiger partial charge on any atom is -0.444 e. The molecule has 2 aromatic carbocycles. The molecule has 2 fully saturated rings. The number of benzene rings is 2. The minimum atomic E-state index is -0.475. The molecule has 6 rings (SSSR count). The zero-order valence-corrected chi connectivity index (χ0v) is 26.1. The van der Waals surface area contributed by atoms with E-state index < -0.39 is 5.60 Å². The highest BCUT2D eigenvalue weighted by molar-refractivity contribution is 5.95. The van der Waals surface area contributed by atoms with Gasteiger partial charge in [-0.1, -0.05) is 36.4 Å². The highest BCUT2D eigenvalue weighted by Gasteiger charge is 2.42. The van der Waals surface area contributed by atoms with E-state index in [0.717, 1.165) is 63.0 Å². The van der Waals surface area contributed by atoms with Crippen molar-refractivity contribution in [3.05, 3.63) is 59.7 Å². The van der Waals surface area contributed by atoms with Gasteiger partial charge in [-0.15, -0.1) is 0 Å². The van der Waals surface area contributed by atoms with Crippen LogP contribution in [0.15, 0.2) is 48.5 Å². The minimum absolute atomic E-state index is 0. The van der Waals surface area contributed by atoms with Crippen LogP contribution in [0.5, 0.6) is 0 Å². The summed E-state index contributed by atoms with van der Waals surface area (Å²) in [5.41, 5.74) is 4.32. The van der Waals surface area contributed by atoms with Gasteiger partial charge in [-0.05, 0) is 95.6 Å². The fourth-order valence-corrected chi connectivity index (χ4v) is 7.14. The quantitative estimate of drug-likeness (QED) is 0.435. The lowest BCUT2D eigenvalue weighted by Gasteiger charge is -2.42. The lowest BCUT2D eigenvalue weighted by Crippen LogP contribution is -2.46. The van der Waals surface area contributed by atoms with Crippen LogP contribution in [-0.2, 0) is 25.2 Å². The molecule has 0 bridgehead atoms. The highest BCUT2D eigenvalue weighted by atomic mass is 16.6. The summed E-state index contributed by atoms with van der Waals surface area (Å²) in [7, 11) is 1.90. The number of carbonyl (C=O) groups is 3. The normalized spacial score (nSPS) is 20.7. The lowest BCUT2D eigenvalue weighted by molar-refractivity contribution is -0.118. The Kier molecular flexibility index (Phi) is 9.86. The van der Waals surface area contributed by atoms with Crippen molar-refractivity contribution in [3.63, 3.8) is 0 Å². The summed E-state index contributed by atoms with van der Waals surface area (Å²) in [6.45, 7) is 9.10. The molecule has 2 spiro atoms. The number of rotatable bonds is 0. The van der Waals surface area contributed by atoms with Gasteiger partial charge in [0.1, 0.15) is 5.60 Å². The molecule has 9 heteroatoms. The van der Waals surface area contributed by atoms with E-state index >= 15 is 0 Å². The summed E-state index contributed by atoms with van der Waals surface area (Å²) in [5, 5.41) is 6.45. The molecule has 2 aromatic rings. The molecular weight excluding hydrogens is 544 g/mol. The zero-order valence-electron chi connectivity index (χ0n) is 26.1. The van der Waals surface area contributed by atoms with Crippen LogP contribution >= 0.6 is 0 Å². The lowest BCUT2D eigenvalue weighted by atomic mass is 9.70. The van der Waals surface area contributed by atoms with Crippen molar-refractivity contribution in [3.8, 4) is 0 Å². The topological polar surface area (TPSA) is 122 Å². The van der Waals surface area contributed by atoms with Crippen molar-refractivity contribution in [1.29, 1.82) is 0 Å². The Hall–Kier alpha value is -3.43. The number of hydrogen-bond donors (Lipinski definition) is 2. The molecule has 4 N–H and O–H groups in total. The number of nitrogens with one attached hydrogen (secondary N) is 2. The fourth-order valence-electron chi connectivity index (χ4n) is 7.14. The van der Waals surface area contributed by atoms with Gasteiger partial charge >= 0.3 is 6.09 Å². The molecule has 0 unspecified atom stereocenters. The third kappa shape index (κ3) is 7.04. The summed E-state index contributed by atoms with van der Waals surface area (Å²) < 4.78 is 5.48. The average molecular weight is 596 g/mol. The van der Waals surface area contributed by atoms with Crippen molar-refractivity contribution in [2.24, 2.45) is 0 Å². The predicted octanol–water partition coefficient (Wildman–Crippen LogP) is 5.17. The van der Waals surface area contributed by atoms with Gasteiger partial charge in [0, 0.05) is 56.6 Å². The van der Waals surface area contributed by atoms with Gasteiger partial charge < -0.3 is 30.6 Å². The van der Waals surface area contributed by atoms with Crippen LogP contribution in [-0.4, -0.2) is 67.1 Å². The molecular formula is C34H50N4O5. The van der Waals surface area contributed by atoms with Gasteiger partial charge in [0.05, 0.1) is 0 Å². The smallest absolute Gasteiger partial charge is 0.410 e. The Morgan fingerprint density at radius 1 is 0.837 bits per heavy atom. The van der Waals surface area contributed by atoms with Crippen LogP contribution in [0.2, 0.25) is 0 Å². The standard InChI is InChI=1S/C19H26N2O3.C15H20N2O.H2O.H2/c1-18(2,3)24-17(23)21-12-10-19(11-13-21)9-8-16(22)20-15-7-5-4-6-14(15)19;1-17-13-5-3-2-4-12(13)15(7-6-14(17)18)8-10-16-11-9-15;;/h4-7H,8-13H2,1-3H3,(H,20,22);2-5,16H,6-11H2,1H3;1H2;1H/i;;;1+1. The van der Waals surface area contributed by atoms with E-state index in [0.29, 0.717) is 25.9 Å². The summed E-state index contributed by atoms with van der Waals surface area (Å²) in [5.74, 6) is 0.326. The van der Waals surface area contributed by atoms with Crippen molar-refractivity contribution >= 4 is 29.3 Å². The molecule has 0 atom stereocenters. The number of amides is 3. The number of piperidine rings is 2. The number of para-hydroxylation sites is 2. The van der Waals surface area contributed by atoms with Gasteiger partial charge in [-0.2, -0.15) is 0 Å². The van der Waals surface area contributed by atoms with Crippen molar-refractivity contribution in [2.75, 3.05) is 43.4 Å². The second kappa shape index (κ2) is 13.1. The first-order valence-corrected chi connectivity index (χ1v) is 15.5. The molecule has 3 amide bonds. The number of nitrogens with zero attached hydrogens (tertiary/aromatic N) is 2. The summed E-state index contributed by atoms with van der Waals surface area (Å²) in [4.78, 5) is 40.0. The molecule has 0 aromatic heterocycles. The van der Waals surface area contributed by atoms with Crippen molar-refractivity contribution < 1.29 is 26.0 Å². The number of carbonyl (C=O) groups excluding carboxylic acids is 3. The van der Waals surface area contributed by atoms with E-state index in [1.54, 1.807) is 4.90 Å². The summed E-state index contributed by atoms with van der Waals surface area (Å²) >= 11 is 0. The maximum absolute atomic E-state index is 12.3. The first-order valence-electron chi connectivity index (χ1n) is 15.5. The van der Waals surface area contributed by atoms with Gasteiger partial charge in [-0.25, -0.2) is 4.79 Å². The number of fused-ring (bicyclic) bond motifs is 4. The largest absolute Gasteiger partial charge is 0.444 e. The third-order valence-corrected chi connectivity index (χ3v) is 9.56. The van der Waals surface area contributed by atoms with E-state index in [2.05, 4.69) is 34.9 Å². The number of ether oxygens (including phenoxy) is 1. The predicted molar refractivity (Wildman–Crippen MR) is 172 cm³/mol. The Labute approximate surface area is 257 Å². The molecule has 2 saturated heterocycles. The molecule has 0 aliphatic carbocycles. The molecule has 0 saturated carbocycles. The van der Waals surface area contributed by atoms with Crippen LogP contribution in [0.1, 0.15) is 84.7 Å². The van der Waals surface area contributed by atoms with E-state index in [9.17, 15) is 14.4 Å². The monoisotopic (exact) mass is 595 g/mol. The van der Waals surface area contributed by atoms with Crippen LogP contribution in [0, 0.1) is 0 Å². The number of likely N-dealkylation sites (tertiary alicyclic amines) is 1. The molecule has 0 radical (unpaired) electrons. The van der Waals surface area contributed by atoms with Gasteiger partial charge in [0.2, 0.25) is 11.8 Å². The Morgan fingerprint density at radius 2 is 1.42 bits per heavy atom. The van der Waals surface area contributed by atoms with Gasteiger partial charge in [0.15, 0.2) is 0 Å². The Bertz CT molecular complexity index is 1310. The van der Waals surface area contributed by atoms with Crippen LogP contribution in [0.25, 0.3) is 0 Å². The first-order chi connectivity index (χ1) is 20.0. The van der Waals surface area contributed by atoms with E-state index in [1.807, 2.05) is 57.0 Å². The fraction of sp³-hybridized carbons (Fsp3) is 0.559. The zero-order chi connectivity index (χ0) is 30.0. The van der Waals surface area contributed by atoms with E-state index in [4.69, 9.17) is 4.74 Å². The van der Waals surface area contributed by atoms with Crippen molar-refractivity contribution in [1.82, 2.24) is 10.2 Å². The molecule has 9 nitrogen and oxygen atoms in total. The summed E-state index contributed by atoms with van der Waals surface area (Å²) in [6.07, 6.45) is 6.79. The molecule has 43 heavy (non-hydrogen) atoms. The second-order valence-corrected chi connectivity index (χ2v) is 13.3. The SMILES string of the molecule is CC(C)(C)OC(=O)N1CCC2(CCC(=O)Nc3ccccc32)CC1.CN1C(=O)CCC2(CCNCC2)c2ccccc21.O.[2HH]. The van der Waals surface area contributed by atoms with E-state index in [-0.39, 0.29) is 35.6 Å². The third-order valence-electron chi connectivity index (χ3n) is 9.56. The maximum Gasteiger partial charge on any atom is 0.410 e. The number of anilines is 2. The maximum atomic E-state index is 12.3.